The summed E-state index contributed by atoms with van der Waals surface area (Å²) in [6, 6.07) is 0. The molecule has 0 aromatic rings. The molecule has 0 aliphatic heterocycles. The van der Waals surface area contributed by atoms with Crippen molar-refractivity contribution in [3.63, 3.8) is 0 Å². The van der Waals surface area contributed by atoms with E-state index < -0.39 is 0 Å². The van der Waals surface area contributed by atoms with Crippen molar-refractivity contribution in [2.75, 3.05) is 0 Å². The van der Waals surface area contributed by atoms with Crippen molar-refractivity contribution >= 4 is 10.7 Å². The van der Waals surface area contributed by atoms with Crippen LogP contribution in [-0.4, -0.2) is 0 Å². The Bertz CT molecular complexity index is 8.00. The second-order valence-corrected chi connectivity index (χ2v) is 0. The van der Waals surface area contributed by atoms with Crippen LogP contribution < -0.4 is 0 Å². The topological polar surface area (TPSA) is 0 Å². The molecule has 0 heterocycles. The van der Waals surface area contributed by atoms with Gasteiger partial charge >= 0.3 is 24.5 Å². The van der Waals surface area contributed by atoms with E-state index in [2.05, 4.69) is 24.5 Å². The fraction of sp³-hybridized carbons (Fsp3) is 0. The van der Waals surface area contributed by atoms with E-state index in [1.54, 1.807) is 0 Å². The summed E-state index contributed by atoms with van der Waals surface area (Å²) < 4.78 is 0. The molecule has 0 spiro atoms. The molecule has 4 heteroatoms. The Morgan fingerprint density at radius 3 is 1.25 bits per heavy atom. The first-order chi connectivity index (χ1) is 1.00. The average molecular weight is 213 g/mol. The van der Waals surface area contributed by atoms with Gasteiger partial charge in [0.05, 0.1) is 0 Å². The minimum atomic E-state index is 0. The van der Waals surface area contributed by atoms with Crippen LogP contribution in [-0.2, 0) is 47.7 Å². The molecule has 0 bridgehead atoms. The minimum absolute atomic E-state index is 0. The Morgan fingerprint density at radius 1 is 1.25 bits per heavy atom. The molecule has 0 fully saturated rings. The predicted molar refractivity (Wildman–Crippen MR) is 7.59 cm³/mol. The van der Waals surface area contributed by atoms with Gasteiger partial charge in [-0.05, 0) is 0 Å². The van der Waals surface area contributed by atoms with Gasteiger partial charge in [0.25, 0.3) is 0 Å². The molecule has 0 nitrogen and oxygen atoms in total. The van der Waals surface area contributed by atoms with Gasteiger partial charge in [-0.25, -0.2) is 0 Å². The monoisotopic (exact) mass is 212 g/mol. The second kappa shape index (κ2) is 21.9. The van der Waals surface area contributed by atoms with Crippen LogP contribution in [0.25, 0.3) is 0 Å². The summed E-state index contributed by atoms with van der Waals surface area (Å²) in [6.45, 7) is 0. The zero-order valence-electron chi connectivity index (χ0n) is 1.36. The van der Waals surface area contributed by atoms with Crippen LogP contribution in [0.3, 0.4) is 0 Å². The standard InChI is InChI=1S/Co.Cu.Ni.S. The molecule has 0 atom stereocenters. The van der Waals surface area contributed by atoms with Gasteiger partial charge in [-0.3, -0.25) is 0 Å². The van der Waals surface area contributed by atoms with Gasteiger partial charge in [0.2, 0.25) is 0 Å². The molecule has 0 aromatic carbocycles. The summed E-state index contributed by atoms with van der Waals surface area (Å²) in [5.41, 5.74) is 0. The van der Waals surface area contributed by atoms with Crippen molar-refractivity contribution in [3.8, 4) is 0 Å². The van der Waals surface area contributed by atoms with E-state index in [4.69, 9.17) is 0 Å². The Labute approximate surface area is 58.1 Å². The normalized spacial score (nSPS) is 1.50. The van der Waals surface area contributed by atoms with E-state index in [1.807, 2.05) is 0 Å². The molecule has 0 aromatic heterocycles. The molecule has 2 radical (unpaired) electrons. The third-order valence-corrected chi connectivity index (χ3v) is 0. The van der Waals surface area contributed by atoms with Gasteiger partial charge < -0.3 is 0 Å². The van der Waals surface area contributed by atoms with Gasteiger partial charge in [-0.1, -0.05) is 0 Å². The molecule has 4 heavy (non-hydrogen) atoms. The quantitative estimate of drug-likeness (QED) is 0.532. The zero-order chi connectivity index (χ0) is 2.00. The van der Waals surface area contributed by atoms with Crippen LogP contribution in [0.15, 0.2) is 0 Å². The summed E-state index contributed by atoms with van der Waals surface area (Å²) in [6.07, 6.45) is 0. The van der Waals surface area contributed by atoms with E-state index in [0.29, 0.717) is 0 Å². The molecule has 36 valence electrons. The second-order valence-electron chi connectivity index (χ2n) is 0. The SMILES string of the molecule is [Co].[Cu].[S]=[Ni]. The van der Waals surface area contributed by atoms with Crippen molar-refractivity contribution in [3.05, 3.63) is 0 Å². The van der Waals surface area contributed by atoms with Gasteiger partial charge in [0, 0.05) is 33.8 Å². The molecule has 0 aliphatic rings. The predicted octanol–water partition coefficient (Wildman–Crippen LogP) is 0.641. The van der Waals surface area contributed by atoms with Crippen LogP contribution in [0.1, 0.15) is 0 Å². The molecule has 0 aliphatic carbocycles. The summed E-state index contributed by atoms with van der Waals surface area (Å²) in [7, 11) is 3.71. The summed E-state index contributed by atoms with van der Waals surface area (Å²) in [5.74, 6) is 0. The van der Waals surface area contributed by atoms with E-state index >= 15 is 0 Å². The molecule has 0 N–H and O–H groups in total. The zero-order valence-corrected chi connectivity index (χ0v) is 5.15. The summed E-state index contributed by atoms with van der Waals surface area (Å²) in [4.78, 5) is 0. The van der Waals surface area contributed by atoms with Crippen molar-refractivity contribution < 1.29 is 47.7 Å². The number of rotatable bonds is 0. The fourth-order valence-electron chi connectivity index (χ4n) is 0. The van der Waals surface area contributed by atoms with E-state index in [1.165, 1.54) is 0 Å². The van der Waals surface area contributed by atoms with Gasteiger partial charge in [-0.15, -0.1) is 0 Å². The Hall–Kier alpha value is 1.74. The van der Waals surface area contributed by atoms with E-state index in [0.717, 1.165) is 0 Å². The number of hydrogen-bond donors (Lipinski definition) is 0. The van der Waals surface area contributed by atoms with Crippen molar-refractivity contribution in [2.45, 2.75) is 0 Å². The van der Waals surface area contributed by atoms with E-state index in [9.17, 15) is 0 Å². The van der Waals surface area contributed by atoms with Crippen LogP contribution in [0.5, 0.6) is 0 Å². The molecule has 0 saturated carbocycles. The average Bonchev–Trinajstić information content (AvgIpc) is 1.00. The van der Waals surface area contributed by atoms with E-state index in [-0.39, 0.29) is 33.8 Å². The summed E-state index contributed by atoms with van der Waals surface area (Å²) >= 11 is 3.46. The van der Waals surface area contributed by atoms with Crippen LogP contribution >= 0.6 is 10.7 Å². The molecule has 0 unspecified atom stereocenters. The first-order valence-corrected chi connectivity index (χ1v) is 1.60. The molecule has 0 rings (SSSR count). The molecule has 0 saturated heterocycles. The third kappa shape index (κ3) is 9.27. The Morgan fingerprint density at radius 2 is 1.25 bits per heavy atom. The Kier molecular flexibility index (Phi) is 94.1. The van der Waals surface area contributed by atoms with Crippen molar-refractivity contribution in [1.29, 1.82) is 0 Å². The summed E-state index contributed by atoms with van der Waals surface area (Å²) in [5, 5.41) is 0. The number of hydrogen-bond acceptors (Lipinski definition) is 1. The van der Waals surface area contributed by atoms with Crippen molar-refractivity contribution in [1.82, 2.24) is 0 Å². The maximum atomic E-state index is 3.71. The van der Waals surface area contributed by atoms with Gasteiger partial charge in [0.1, 0.15) is 0 Å². The van der Waals surface area contributed by atoms with Crippen molar-refractivity contribution in [2.24, 2.45) is 0 Å². The molecular formula is CoCuNiS. The Balaban J connectivity index is -0.00000000500. The first kappa shape index (κ1) is 17.2. The van der Waals surface area contributed by atoms with Gasteiger partial charge in [0.15, 0.2) is 0 Å². The van der Waals surface area contributed by atoms with Crippen LogP contribution in [0.2, 0.25) is 0 Å². The van der Waals surface area contributed by atoms with Crippen LogP contribution in [0, 0.1) is 0 Å². The molecular weight excluding hydrogens is 213 g/mol. The molecule has 0 amide bonds. The van der Waals surface area contributed by atoms with Gasteiger partial charge in [-0.2, -0.15) is 0 Å². The third-order valence-electron chi connectivity index (χ3n) is 0. The maximum absolute atomic E-state index is 3.71. The fourth-order valence-corrected chi connectivity index (χ4v) is 0. The van der Waals surface area contributed by atoms with Crippen LogP contribution in [0.4, 0.5) is 0 Å². The first-order valence-electron chi connectivity index (χ1n) is 0.129.